The number of allylic oxidation sites excluding steroid dienone is 1. The quantitative estimate of drug-likeness (QED) is 0.626. The Bertz CT molecular complexity index is 836. The second-order valence-corrected chi connectivity index (χ2v) is 6.15. The minimum Gasteiger partial charge on any atom is -0.460 e. The van der Waals surface area contributed by atoms with E-state index in [2.05, 4.69) is 20.8 Å². The Balaban J connectivity index is 2.05. The van der Waals surface area contributed by atoms with E-state index in [-0.39, 0.29) is 6.61 Å². The lowest BCUT2D eigenvalue weighted by atomic mass is 9.96. The van der Waals surface area contributed by atoms with Crippen LogP contribution in [0.5, 0.6) is 0 Å². The molecule has 1 aliphatic heterocycles. The van der Waals surface area contributed by atoms with Crippen LogP contribution in [0, 0.1) is 0 Å². The first-order chi connectivity index (χ1) is 12.0. The molecule has 0 fully saturated rings. The molecule has 8 nitrogen and oxygen atoms in total. The summed E-state index contributed by atoms with van der Waals surface area (Å²) in [6, 6.07) is 4.40. The number of hydrogen-bond donors (Lipinski definition) is 1. The van der Waals surface area contributed by atoms with E-state index >= 15 is 0 Å². The molecule has 0 spiro atoms. The third-order valence-corrected chi connectivity index (χ3v) is 4.27. The molecule has 1 N–H and O–H groups in total. The summed E-state index contributed by atoms with van der Waals surface area (Å²) in [5.74, 6) is -0.0961. The van der Waals surface area contributed by atoms with Crippen molar-refractivity contribution in [2.45, 2.75) is 13.0 Å². The molecule has 0 saturated heterocycles. The number of aromatic nitrogens is 4. The molecule has 0 amide bonds. The highest BCUT2D eigenvalue weighted by Crippen LogP contribution is 2.38. The van der Waals surface area contributed by atoms with Crippen molar-refractivity contribution in [3.8, 4) is 0 Å². The van der Waals surface area contributed by atoms with Gasteiger partial charge in [-0.15, -0.1) is 0 Å². The summed E-state index contributed by atoms with van der Waals surface area (Å²) in [5, 5.41) is 15.4. The fourth-order valence-corrected chi connectivity index (χ4v) is 3.09. The van der Waals surface area contributed by atoms with E-state index in [4.69, 9.17) is 32.7 Å². The molecule has 0 saturated carbocycles. The number of carbonyl (C=O) groups is 1. The van der Waals surface area contributed by atoms with Gasteiger partial charge in [0.15, 0.2) is 0 Å². The normalized spacial score (nSPS) is 16.4. The third-order valence-electron chi connectivity index (χ3n) is 3.71. The third kappa shape index (κ3) is 3.46. The standard InChI is InChI=1S/C15H15Cl2N5O3/c1-8-12(14(23)25-6-5-24-2)13(22-15(18-8)19-20-21-22)10-4-3-9(16)7-11(10)17/h3-4,7,13H,5-6H2,1-2H3,(H,18,19,21)/t13-/m0/s1. The lowest BCUT2D eigenvalue weighted by Crippen LogP contribution is -2.30. The summed E-state index contributed by atoms with van der Waals surface area (Å²) in [6.07, 6.45) is 0. The molecule has 2 aromatic rings. The Morgan fingerprint density at radius 2 is 2.16 bits per heavy atom. The van der Waals surface area contributed by atoms with Gasteiger partial charge in [0.2, 0.25) is 5.95 Å². The number of anilines is 1. The van der Waals surface area contributed by atoms with Gasteiger partial charge in [-0.05, 0) is 29.5 Å². The van der Waals surface area contributed by atoms with Crippen LogP contribution in [0.2, 0.25) is 10.0 Å². The number of esters is 1. The number of hydrogen-bond acceptors (Lipinski definition) is 7. The molecule has 1 aromatic carbocycles. The minimum atomic E-state index is -0.633. The zero-order valence-corrected chi connectivity index (χ0v) is 15.0. The van der Waals surface area contributed by atoms with Gasteiger partial charge in [0.25, 0.3) is 0 Å². The van der Waals surface area contributed by atoms with Crippen LogP contribution in [0.25, 0.3) is 0 Å². The summed E-state index contributed by atoms with van der Waals surface area (Å²) in [7, 11) is 1.53. The van der Waals surface area contributed by atoms with Gasteiger partial charge >= 0.3 is 5.97 Å². The average Bonchev–Trinajstić information content (AvgIpc) is 3.02. The van der Waals surface area contributed by atoms with Crippen molar-refractivity contribution >= 4 is 35.1 Å². The van der Waals surface area contributed by atoms with E-state index in [0.717, 1.165) is 0 Å². The largest absolute Gasteiger partial charge is 0.460 e. The predicted molar refractivity (Wildman–Crippen MR) is 91.6 cm³/mol. The molecule has 1 aromatic heterocycles. The van der Waals surface area contributed by atoms with Crippen LogP contribution in [0.3, 0.4) is 0 Å². The summed E-state index contributed by atoms with van der Waals surface area (Å²) in [4.78, 5) is 12.7. The van der Waals surface area contributed by atoms with Crippen LogP contribution in [0.1, 0.15) is 18.5 Å². The first-order valence-electron chi connectivity index (χ1n) is 7.39. The first kappa shape index (κ1) is 17.7. The number of methoxy groups -OCH3 is 1. The van der Waals surface area contributed by atoms with Crippen LogP contribution in [0.15, 0.2) is 29.5 Å². The number of nitrogens with zero attached hydrogens (tertiary/aromatic N) is 4. The Labute approximate surface area is 153 Å². The highest BCUT2D eigenvalue weighted by molar-refractivity contribution is 6.35. The van der Waals surface area contributed by atoms with E-state index < -0.39 is 12.0 Å². The Hall–Kier alpha value is -2.16. The monoisotopic (exact) mass is 383 g/mol. The molecule has 3 rings (SSSR count). The fraction of sp³-hybridized carbons (Fsp3) is 0.333. The van der Waals surface area contributed by atoms with Crippen molar-refractivity contribution in [3.05, 3.63) is 45.1 Å². The molecule has 25 heavy (non-hydrogen) atoms. The van der Waals surface area contributed by atoms with Gasteiger partial charge in [0, 0.05) is 28.4 Å². The van der Waals surface area contributed by atoms with Gasteiger partial charge in [-0.1, -0.05) is 34.4 Å². The fourth-order valence-electron chi connectivity index (χ4n) is 2.58. The molecule has 0 radical (unpaired) electrons. The molecule has 2 heterocycles. The second-order valence-electron chi connectivity index (χ2n) is 5.31. The second kappa shape index (κ2) is 7.38. The van der Waals surface area contributed by atoms with E-state index in [9.17, 15) is 4.79 Å². The number of nitrogens with one attached hydrogen (secondary N) is 1. The van der Waals surface area contributed by atoms with Gasteiger partial charge < -0.3 is 14.8 Å². The van der Waals surface area contributed by atoms with Crippen molar-refractivity contribution in [1.82, 2.24) is 20.2 Å². The lowest BCUT2D eigenvalue weighted by Gasteiger charge is -2.28. The molecule has 0 aliphatic carbocycles. The molecule has 10 heteroatoms. The lowest BCUT2D eigenvalue weighted by molar-refractivity contribution is -0.140. The number of rotatable bonds is 5. The van der Waals surface area contributed by atoms with Gasteiger partial charge in [0.05, 0.1) is 12.2 Å². The van der Waals surface area contributed by atoms with Crippen LogP contribution >= 0.6 is 23.2 Å². The predicted octanol–water partition coefficient (Wildman–Crippen LogP) is 2.46. The first-order valence-corrected chi connectivity index (χ1v) is 8.15. The van der Waals surface area contributed by atoms with E-state index in [1.54, 1.807) is 25.1 Å². The summed E-state index contributed by atoms with van der Waals surface area (Å²) < 4.78 is 11.7. The Morgan fingerprint density at radius 1 is 1.36 bits per heavy atom. The number of benzene rings is 1. The van der Waals surface area contributed by atoms with Crippen molar-refractivity contribution in [3.63, 3.8) is 0 Å². The topological polar surface area (TPSA) is 91.2 Å². The van der Waals surface area contributed by atoms with E-state index in [1.165, 1.54) is 11.8 Å². The molecule has 1 atom stereocenters. The molecule has 132 valence electrons. The highest BCUT2D eigenvalue weighted by atomic mass is 35.5. The molecule has 0 unspecified atom stereocenters. The van der Waals surface area contributed by atoms with Gasteiger partial charge in [0.1, 0.15) is 12.6 Å². The maximum Gasteiger partial charge on any atom is 0.338 e. The molecular weight excluding hydrogens is 369 g/mol. The zero-order chi connectivity index (χ0) is 18.0. The number of halogens is 2. The van der Waals surface area contributed by atoms with Crippen molar-refractivity contribution in [1.29, 1.82) is 0 Å². The highest BCUT2D eigenvalue weighted by Gasteiger charge is 2.36. The number of tetrazole rings is 1. The Morgan fingerprint density at radius 3 is 2.88 bits per heavy atom. The molecule has 1 aliphatic rings. The van der Waals surface area contributed by atoms with Crippen molar-refractivity contribution < 1.29 is 14.3 Å². The van der Waals surface area contributed by atoms with Gasteiger partial charge in [-0.3, -0.25) is 0 Å². The van der Waals surface area contributed by atoms with Crippen molar-refractivity contribution in [2.24, 2.45) is 0 Å². The van der Waals surface area contributed by atoms with E-state index in [1.807, 2.05) is 0 Å². The van der Waals surface area contributed by atoms with Crippen LogP contribution < -0.4 is 5.32 Å². The van der Waals surface area contributed by atoms with Crippen molar-refractivity contribution in [2.75, 3.05) is 25.6 Å². The van der Waals surface area contributed by atoms with Crippen LogP contribution in [-0.4, -0.2) is 46.5 Å². The number of fused-ring (bicyclic) bond motifs is 1. The average molecular weight is 384 g/mol. The molecular formula is C15H15Cl2N5O3. The summed E-state index contributed by atoms with van der Waals surface area (Å²) in [6.45, 7) is 2.19. The minimum absolute atomic E-state index is 0.135. The Kier molecular flexibility index (Phi) is 5.22. The molecule has 0 bridgehead atoms. The maximum atomic E-state index is 12.7. The number of carbonyl (C=O) groups excluding carboxylic acids is 1. The zero-order valence-electron chi connectivity index (χ0n) is 13.5. The van der Waals surface area contributed by atoms with E-state index in [0.29, 0.717) is 39.4 Å². The maximum absolute atomic E-state index is 12.7. The SMILES string of the molecule is COCCOC(=O)C1=C(C)Nc2nnnn2[C@H]1c1ccc(Cl)cc1Cl. The number of ether oxygens (including phenoxy) is 2. The van der Waals surface area contributed by atoms with Gasteiger partial charge in [-0.2, -0.15) is 4.68 Å². The van der Waals surface area contributed by atoms with Gasteiger partial charge in [-0.25, -0.2) is 4.79 Å². The van der Waals surface area contributed by atoms with Crippen LogP contribution in [-0.2, 0) is 14.3 Å². The summed E-state index contributed by atoms with van der Waals surface area (Å²) >= 11 is 12.3. The van der Waals surface area contributed by atoms with Crippen LogP contribution in [0.4, 0.5) is 5.95 Å². The smallest absolute Gasteiger partial charge is 0.338 e. The summed E-state index contributed by atoms with van der Waals surface area (Å²) in [5.41, 5.74) is 1.58.